The van der Waals surface area contributed by atoms with Crippen LogP contribution in [0.2, 0.25) is 0 Å². The first-order valence-corrected chi connectivity index (χ1v) is 8.28. The van der Waals surface area contributed by atoms with Crippen molar-refractivity contribution in [2.75, 3.05) is 11.9 Å². The fourth-order valence-corrected chi connectivity index (χ4v) is 2.73. The monoisotopic (exact) mass is 352 g/mol. The van der Waals surface area contributed by atoms with Crippen LogP contribution in [0.1, 0.15) is 19.7 Å². The van der Waals surface area contributed by atoms with Gasteiger partial charge in [-0.3, -0.25) is 10.1 Å². The molecule has 2 aromatic carbocycles. The van der Waals surface area contributed by atoms with E-state index in [9.17, 15) is 10.1 Å². The summed E-state index contributed by atoms with van der Waals surface area (Å²) in [5.74, 6) is 2.01. The Kier molecular flexibility index (Phi) is 4.71. The van der Waals surface area contributed by atoms with E-state index in [4.69, 9.17) is 4.74 Å². The quantitative estimate of drug-likeness (QED) is 0.500. The van der Waals surface area contributed by atoms with Gasteiger partial charge >= 0.3 is 0 Å². The summed E-state index contributed by atoms with van der Waals surface area (Å²) in [4.78, 5) is 21.5. The van der Waals surface area contributed by atoms with Crippen LogP contribution < -0.4 is 9.64 Å². The first-order chi connectivity index (χ1) is 12.3. The molecule has 0 amide bonds. The van der Waals surface area contributed by atoms with Crippen LogP contribution in [0.15, 0.2) is 42.5 Å². The molecule has 3 rings (SSSR count). The van der Waals surface area contributed by atoms with Crippen molar-refractivity contribution in [1.82, 2.24) is 9.97 Å². The number of hydrogen-bond acceptors (Lipinski definition) is 6. The van der Waals surface area contributed by atoms with E-state index in [1.165, 1.54) is 12.1 Å². The van der Waals surface area contributed by atoms with E-state index in [1.54, 1.807) is 13.0 Å². The summed E-state index contributed by atoms with van der Waals surface area (Å²) in [6.07, 6.45) is 0.104. The number of anilines is 2. The maximum atomic E-state index is 11.1. The average Bonchev–Trinajstić information content (AvgIpc) is 2.60. The largest absolute Gasteiger partial charge is 0.491 e. The van der Waals surface area contributed by atoms with Crippen LogP contribution in [-0.2, 0) is 0 Å². The van der Waals surface area contributed by atoms with Crippen molar-refractivity contribution in [3.63, 3.8) is 0 Å². The topological polar surface area (TPSA) is 81.4 Å². The molecule has 7 nitrogen and oxygen atoms in total. The minimum atomic E-state index is -0.416. The SMILES string of the molecule is Cc1nc(N(C)c2ccc(OC(C)C)cc2)c2cc([N+](=O)[O-])ccc2n1. The number of ether oxygens (including phenoxy) is 1. The standard InChI is InChI=1S/C19H20N4O3/c1-12(2)26-16-8-5-14(6-9-16)22(4)19-17-11-15(23(24)25)7-10-18(17)20-13(3)21-19/h5-12H,1-4H3. The van der Waals surface area contributed by atoms with E-state index in [1.807, 2.05) is 50.1 Å². The normalized spacial score (nSPS) is 11.0. The molecule has 0 aliphatic rings. The van der Waals surface area contributed by atoms with Crippen LogP contribution in [0, 0.1) is 17.0 Å². The predicted molar refractivity (Wildman–Crippen MR) is 101 cm³/mol. The lowest BCUT2D eigenvalue weighted by molar-refractivity contribution is -0.384. The molecule has 0 unspecified atom stereocenters. The van der Waals surface area contributed by atoms with Crippen molar-refractivity contribution >= 4 is 28.1 Å². The van der Waals surface area contributed by atoms with Gasteiger partial charge in [0, 0.05) is 24.9 Å². The zero-order valence-corrected chi connectivity index (χ0v) is 15.1. The van der Waals surface area contributed by atoms with Crippen LogP contribution >= 0.6 is 0 Å². The maximum Gasteiger partial charge on any atom is 0.270 e. The fourth-order valence-electron chi connectivity index (χ4n) is 2.73. The lowest BCUT2D eigenvalue weighted by atomic mass is 10.2. The number of nitro groups is 1. The van der Waals surface area contributed by atoms with Crippen molar-refractivity contribution < 1.29 is 9.66 Å². The zero-order valence-electron chi connectivity index (χ0n) is 15.1. The smallest absolute Gasteiger partial charge is 0.270 e. The number of aromatic nitrogens is 2. The first-order valence-electron chi connectivity index (χ1n) is 8.28. The molecule has 0 N–H and O–H groups in total. The van der Waals surface area contributed by atoms with Crippen LogP contribution in [-0.4, -0.2) is 28.0 Å². The second-order valence-electron chi connectivity index (χ2n) is 6.27. The minimum absolute atomic E-state index is 0.0142. The van der Waals surface area contributed by atoms with E-state index < -0.39 is 4.92 Å². The van der Waals surface area contributed by atoms with Crippen molar-refractivity contribution in [2.45, 2.75) is 26.9 Å². The van der Waals surface area contributed by atoms with Gasteiger partial charge in [0.1, 0.15) is 17.4 Å². The molecule has 134 valence electrons. The molecular formula is C19H20N4O3. The summed E-state index contributed by atoms with van der Waals surface area (Å²) in [5.41, 5.74) is 1.58. The number of non-ortho nitro benzene ring substituents is 1. The van der Waals surface area contributed by atoms with Crippen molar-refractivity contribution in [1.29, 1.82) is 0 Å². The molecule has 0 saturated carbocycles. The van der Waals surface area contributed by atoms with Gasteiger partial charge in [0.15, 0.2) is 0 Å². The third kappa shape index (κ3) is 3.56. The molecule has 0 radical (unpaired) electrons. The lowest BCUT2D eigenvalue weighted by Gasteiger charge is -2.21. The Morgan fingerprint density at radius 2 is 1.81 bits per heavy atom. The van der Waals surface area contributed by atoms with E-state index in [-0.39, 0.29) is 11.8 Å². The van der Waals surface area contributed by atoms with Gasteiger partial charge in [-0.1, -0.05) is 0 Å². The average molecular weight is 352 g/mol. The summed E-state index contributed by atoms with van der Waals surface area (Å²) in [6, 6.07) is 12.3. The van der Waals surface area contributed by atoms with Crippen LogP contribution in [0.25, 0.3) is 10.9 Å². The summed E-state index contributed by atoms with van der Waals surface area (Å²) >= 11 is 0. The van der Waals surface area contributed by atoms with Gasteiger partial charge in [0.05, 0.1) is 21.9 Å². The van der Waals surface area contributed by atoms with E-state index >= 15 is 0 Å². The number of benzene rings is 2. The van der Waals surface area contributed by atoms with Gasteiger partial charge in [0.25, 0.3) is 5.69 Å². The number of nitro benzene ring substituents is 1. The summed E-state index contributed by atoms with van der Waals surface area (Å²) in [5, 5.41) is 11.8. The number of hydrogen-bond donors (Lipinski definition) is 0. The van der Waals surface area contributed by atoms with Crippen LogP contribution in [0.5, 0.6) is 5.75 Å². The van der Waals surface area contributed by atoms with Gasteiger partial charge in [0.2, 0.25) is 0 Å². The van der Waals surface area contributed by atoms with Crippen LogP contribution in [0.4, 0.5) is 17.2 Å². The minimum Gasteiger partial charge on any atom is -0.491 e. The summed E-state index contributed by atoms with van der Waals surface area (Å²) in [6.45, 7) is 5.75. The lowest BCUT2D eigenvalue weighted by Crippen LogP contribution is -2.13. The highest BCUT2D eigenvalue weighted by molar-refractivity contribution is 5.93. The van der Waals surface area contributed by atoms with Crippen LogP contribution in [0.3, 0.4) is 0 Å². The Morgan fingerprint density at radius 1 is 1.12 bits per heavy atom. The van der Waals surface area contributed by atoms with Gasteiger partial charge in [-0.15, -0.1) is 0 Å². The molecule has 0 aliphatic carbocycles. The highest BCUT2D eigenvalue weighted by Crippen LogP contribution is 2.32. The van der Waals surface area contributed by atoms with E-state index in [2.05, 4.69) is 9.97 Å². The Labute approximate surface area is 151 Å². The first kappa shape index (κ1) is 17.6. The zero-order chi connectivity index (χ0) is 18.8. The third-order valence-electron chi connectivity index (χ3n) is 3.90. The second-order valence-corrected chi connectivity index (χ2v) is 6.27. The predicted octanol–water partition coefficient (Wildman–Crippen LogP) is 4.40. The molecular weight excluding hydrogens is 332 g/mol. The molecule has 0 fully saturated rings. The molecule has 0 spiro atoms. The van der Waals surface area contributed by atoms with Gasteiger partial charge in [-0.25, -0.2) is 9.97 Å². The van der Waals surface area contributed by atoms with Crippen molar-refractivity contribution in [2.24, 2.45) is 0 Å². The molecule has 0 atom stereocenters. The van der Waals surface area contributed by atoms with Gasteiger partial charge in [-0.2, -0.15) is 0 Å². The van der Waals surface area contributed by atoms with E-state index in [0.717, 1.165) is 11.4 Å². The maximum absolute atomic E-state index is 11.1. The van der Waals surface area contributed by atoms with Gasteiger partial charge < -0.3 is 9.64 Å². The van der Waals surface area contributed by atoms with E-state index in [0.29, 0.717) is 22.5 Å². The fraction of sp³-hybridized carbons (Fsp3) is 0.263. The Morgan fingerprint density at radius 3 is 2.42 bits per heavy atom. The Hall–Kier alpha value is -3.22. The molecule has 0 saturated heterocycles. The number of rotatable bonds is 5. The summed E-state index contributed by atoms with van der Waals surface area (Å²) < 4.78 is 5.67. The summed E-state index contributed by atoms with van der Waals surface area (Å²) in [7, 11) is 1.87. The Balaban J connectivity index is 2.05. The third-order valence-corrected chi connectivity index (χ3v) is 3.90. The number of nitrogens with zero attached hydrogens (tertiary/aromatic N) is 4. The molecule has 7 heteroatoms. The highest BCUT2D eigenvalue weighted by Gasteiger charge is 2.16. The van der Waals surface area contributed by atoms with Gasteiger partial charge in [-0.05, 0) is 51.1 Å². The molecule has 1 heterocycles. The second kappa shape index (κ2) is 6.95. The molecule has 1 aromatic heterocycles. The van der Waals surface area contributed by atoms with Crippen molar-refractivity contribution in [3.8, 4) is 5.75 Å². The number of fused-ring (bicyclic) bond motifs is 1. The van der Waals surface area contributed by atoms with Crippen molar-refractivity contribution in [3.05, 3.63) is 58.4 Å². The molecule has 3 aromatic rings. The Bertz CT molecular complexity index is 955. The highest BCUT2D eigenvalue weighted by atomic mass is 16.6. The molecule has 26 heavy (non-hydrogen) atoms. The molecule has 0 bridgehead atoms. The molecule has 0 aliphatic heterocycles. The number of aryl methyl sites for hydroxylation is 1.